The van der Waals surface area contributed by atoms with Gasteiger partial charge in [-0.3, -0.25) is 4.90 Å². The zero-order valence-electron chi connectivity index (χ0n) is 12.5. The van der Waals surface area contributed by atoms with Crippen LogP contribution in [0, 0.1) is 17.1 Å². The lowest BCUT2D eigenvalue weighted by atomic mass is 9.96. The van der Waals surface area contributed by atoms with Crippen LogP contribution in [0.5, 0.6) is 0 Å². The summed E-state index contributed by atoms with van der Waals surface area (Å²) in [4.78, 5) is 2.41. The molecule has 2 N–H and O–H groups in total. The van der Waals surface area contributed by atoms with Crippen LogP contribution in [0.3, 0.4) is 0 Å². The molecule has 0 amide bonds. The van der Waals surface area contributed by atoms with E-state index < -0.39 is 6.04 Å². The Morgan fingerprint density at radius 1 is 1.45 bits per heavy atom. The summed E-state index contributed by atoms with van der Waals surface area (Å²) in [6, 6.07) is 7.05. The number of hydrogen-bond donors (Lipinski definition) is 1. The highest BCUT2D eigenvalue weighted by Crippen LogP contribution is 2.26. The van der Waals surface area contributed by atoms with E-state index in [0.717, 1.165) is 38.3 Å². The molecule has 1 atom stereocenters. The topological polar surface area (TPSA) is 62.3 Å². The second-order valence-corrected chi connectivity index (χ2v) is 5.91. The zero-order valence-corrected chi connectivity index (χ0v) is 12.5. The van der Waals surface area contributed by atoms with Crippen molar-refractivity contribution in [2.24, 2.45) is 5.73 Å². The second kappa shape index (κ2) is 6.57. The maximum atomic E-state index is 14.2. The van der Waals surface area contributed by atoms with Gasteiger partial charge in [-0.1, -0.05) is 18.2 Å². The summed E-state index contributed by atoms with van der Waals surface area (Å²) < 4.78 is 19.4. The van der Waals surface area contributed by atoms with E-state index in [-0.39, 0.29) is 12.2 Å². The third-order valence-corrected chi connectivity index (χ3v) is 4.41. The van der Waals surface area contributed by atoms with Crippen molar-refractivity contribution in [2.75, 3.05) is 26.3 Å². The molecule has 1 aromatic carbocycles. The van der Waals surface area contributed by atoms with Gasteiger partial charge in [0.05, 0.1) is 31.4 Å². The van der Waals surface area contributed by atoms with Crippen LogP contribution in [0.1, 0.15) is 17.5 Å². The van der Waals surface area contributed by atoms with Crippen LogP contribution in [0.15, 0.2) is 24.3 Å². The van der Waals surface area contributed by atoms with Gasteiger partial charge in [0.25, 0.3) is 0 Å². The smallest absolute Gasteiger partial charge is 0.127 e. The van der Waals surface area contributed by atoms with Crippen LogP contribution >= 0.6 is 0 Å². The standard InChI is InChI=1S/C17H20FN3O/c18-17-8-13(1-2-14(17)7-15(20)9-19)12-3-5-21(6-4-12)16-10-22-11-16/h1-3,8,15-16H,4-7,10-11,20H2. The van der Waals surface area contributed by atoms with Gasteiger partial charge < -0.3 is 10.5 Å². The van der Waals surface area contributed by atoms with Crippen molar-refractivity contribution in [2.45, 2.75) is 24.9 Å². The minimum atomic E-state index is -0.660. The van der Waals surface area contributed by atoms with Crippen molar-refractivity contribution >= 4 is 5.57 Å². The van der Waals surface area contributed by atoms with Crippen LogP contribution in [-0.2, 0) is 11.2 Å². The first-order valence-corrected chi connectivity index (χ1v) is 7.62. The highest BCUT2D eigenvalue weighted by atomic mass is 19.1. The molecule has 0 radical (unpaired) electrons. The average Bonchev–Trinajstić information content (AvgIpc) is 2.48. The highest BCUT2D eigenvalue weighted by Gasteiger charge is 2.27. The summed E-state index contributed by atoms with van der Waals surface area (Å²) in [5.41, 5.74) is 8.18. The summed E-state index contributed by atoms with van der Waals surface area (Å²) in [5.74, 6) is -0.279. The summed E-state index contributed by atoms with van der Waals surface area (Å²) in [6.45, 7) is 3.53. The van der Waals surface area contributed by atoms with E-state index in [1.807, 2.05) is 12.1 Å². The Bertz CT molecular complexity index is 619. The molecular weight excluding hydrogens is 281 g/mol. The quantitative estimate of drug-likeness (QED) is 0.919. The molecule has 4 nitrogen and oxygen atoms in total. The lowest BCUT2D eigenvalue weighted by Crippen LogP contribution is -2.50. The number of rotatable bonds is 4. The molecule has 5 heteroatoms. The summed E-state index contributed by atoms with van der Waals surface area (Å²) in [5, 5.41) is 8.72. The molecule has 0 aliphatic carbocycles. The summed E-state index contributed by atoms with van der Waals surface area (Å²) in [7, 11) is 0. The Kier molecular flexibility index (Phi) is 4.53. The molecule has 0 bridgehead atoms. The predicted molar refractivity (Wildman–Crippen MR) is 82.5 cm³/mol. The Labute approximate surface area is 130 Å². The van der Waals surface area contributed by atoms with Gasteiger partial charge in [-0.2, -0.15) is 5.26 Å². The van der Waals surface area contributed by atoms with E-state index in [1.54, 1.807) is 12.1 Å². The maximum Gasteiger partial charge on any atom is 0.127 e. The molecule has 1 fully saturated rings. The van der Waals surface area contributed by atoms with Crippen molar-refractivity contribution < 1.29 is 9.13 Å². The molecule has 2 aliphatic heterocycles. The van der Waals surface area contributed by atoms with Gasteiger partial charge >= 0.3 is 0 Å². The Morgan fingerprint density at radius 2 is 2.27 bits per heavy atom. The Hall–Kier alpha value is -1.74. The van der Waals surface area contributed by atoms with E-state index in [4.69, 9.17) is 15.7 Å². The van der Waals surface area contributed by atoms with Crippen LogP contribution in [-0.4, -0.2) is 43.3 Å². The predicted octanol–water partition coefficient (Wildman–Crippen LogP) is 1.71. The molecule has 2 heterocycles. The maximum absolute atomic E-state index is 14.2. The fourth-order valence-corrected chi connectivity index (χ4v) is 2.91. The molecule has 22 heavy (non-hydrogen) atoms. The third kappa shape index (κ3) is 3.20. The van der Waals surface area contributed by atoms with E-state index >= 15 is 0 Å². The van der Waals surface area contributed by atoms with Crippen LogP contribution in [0.25, 0.3) is 5.57 Å². The number of benzene rings is 1. The van der Waals surface area contributed by atoms with Crippen LogP contribution < -0.4 is 5.73 Å². The number of ether oxygens (including phenoxy) is 1. The van der Waals surface area contributed by atoms with Gasteiger partial charge in [-0.05, 0) is 29.2 Å². The molecule has 0 spiro atoms. The molecule has 1 saturated heterocycles. The van der Waals surface area contributed by atoms with E-state index in [1.165, 1.54) is 5.57 Å². The number of nitrogens with zero attached hydrogens (tertiary/aromatic N) is 2. The first-order valence-electron chi connectivity index (χ1n) is 7.62. The molecule has 2 aliphatic rings. The molecule has 0 saturated carbocycles. The van der Waals surface area contributed by atoms with Crippen LogP contribution in [0.4, 0.5) is 4.39 Å². The fraction of sp³-hybridized carbons (Fsp3) is 0.471. The molecule has 116 valence electrons. The third-order valence-electron chi connectivity index (χ3n) is 4.41. The van der Waals surface area contributed by atoms with Crippen molar-refractivity contribution in [3.8, 4) is 6.07 Å². The van der Waals surface area contributed by atoms with Crippen molar-refractivity contribution in [3.05, 3.63) is 41.2 Å². The van der Waals surface area contributed by atoms with E-state index in [2.05, 4.69) is 11.0 Å². The molecule has 0 aromatic heterocycles. The first-order chi connectivity index (χ1) is 10.7. The first kappa shape index (κ1) is 15.2. The van der Waals surface area contributed by atoms with Gasteiger partial charge in [0.15, 0.2) is 0 Å². The number of halogens is 1. The fourth-order valence-electron chi connectivity index (χ4n) is 2.91. The van der Waals surface area contributed by atoms with Gasteiger partial charge in [0.1, 0.15) is 5.82 Å². The number of nitrogens with two attached hydrogens (primary N) is 1. The minimum absolute atomic E-state index is 0.247. The van der Waals surface area contributed by atoms with Gasteiger partial charge in [-0.25, -0.2) is 4.39 Å². The minimum Gasteiger partial charge on any atom is -0.378 e. The largest absolute Gasteiger partial charge is 0.378 e. The second-order valence-electron chi connectivity index (χ2n) is 5.91. The summed E-state index contributed by atoms with van der Waals surface area (Å²) in [6.07, 6.45) is 3.35. The Morgan fingerprint density at radius 3 is 2.82 bits per heavy atom. The number of nitriles is 1. The van der Waals surface area contributed by atoms with Crippen LogP contribution in [0.2, 0.25) is 0 Å². The normalized spacial score (nSPS) is 20.9. The Balaban J connectivity index is 1.69. The van der Waals surface area contributed by atoms with E-state index in [9.17, 15) is 4.39 Å². The lowest BCUT2D eigenvalue weighted by Gasteiger charge is -2.38. The van der Waals surface area contributed by atoms with E-state index in [0.29, 0.717) is 11.6 Å². The average molecular weight is 301 g/mol. The van der Waals surface area contributed by atoms with Gasteiger partial charge in [0.2, 0.25) is 0 Å². The molecule has 1 unspecified atom stereocenters. The van der Waals surface area contributed by atoms with Gasteiger partial charge in [0, 0.05) is 19.5 Å². The van der Waals surface area contributed by atoms with Crippen molar-refractivity contribution in [3.63, 3.8) is 0 Å². The lowest BCUT2D eigenvalue weighted by molar-refractivity contribution is -0.0612. The monoisotopic (exact) mass is 301 g/mol. The van der Waals surface area contributed by atoms with Crippen molar-refractivity contribution in [1.29, 1.82) is 5.26 Å². The SMILES string of the molecule is N#CC(N)Cc1ccc(C2=CCN(C3COC3)CC2)cc1F. The van der Waals surface area contributed by atoms with Crippen molar-refractivity contribution in [1.82, 2.24) is 4.90 Å². The molecular formula is C17H20FN3O. The summed E-state index contributed by atoms with van der Waals surface area (Å²) >= 11 is 0. The van der Waals surface area contributed by atoms with Gasteiger partial charge in [-0.15, -0.1) is 0 Å². The zero-order chi connectivity index (χ0) is 15.5. The highest BCUT2D eigenvalue weighted by molar-refractivity contribution is 5.67. The molecule has 1 aromatic rings. The number of hydrogen-bond acceptors (Lipinski definition) is 4. The molecule has 3 rings (SSSR count).